The Morgan fingerprint density at radius 3 is 2.24 bits per heavy atom. The highest BCUT2D eigenvalue weighted by atomic mass is 28.3. The fraction of sp³-hybridized carbons (Fsp3) is 0.500. The molecular weight excluding hydrogens is 376 g/mol. The van der Waals surface area contributed by atoms with E-state index in [0.717, 1.165) is 18.4 Å². The van der Waals surface area contributed by atoms with Gasteiger partial charge < -0.3 is 0 Å². The first-order chi connectivity index (χ1) is 13.3. The Labute approximate surface area is 174 Å². The van der Waals surface area contributed by atoms with Gasteiger partial charge in [0.05, 0.1) is 19.2 Å². The van der Waals surface area contributed by atoms with Gasteiger partial charge in [-0.3, -0.25) is 9.59 Å². The predicted molar refractivity (Wildman–Crippen MR) is 115 cm³/mol. The maximum atomic E-state index is 12.9. The summed E-state index contributed by atoms with van der Waals surface area (Å²) in [5.74, 6) is -0.421. The van der Waals surface area contributed by atoms with E-state index in [1.54, 1.807) is 12.2 Å². The highest BCUT2D eigenvalue weighted by molar-refractivity contribution is 6.80. The summed E-state index contributed by atoms with van der Waals surface area (Å²) in [6.45, 7) is 12.6. The fourth-order valence-corrected chi connectivity index (χ4v) is 6.23. The van der Waals surface area contributed by atoms with Gasteiger partial charge in [0.1, 0.15) is 12.1 Å². The molecule has 4 nitrogen and oxygen atoms in total. The topological polar surface area (TPSA) is 81.7 Å². The minimum atomic E-state index is -1.53. The zero-order chi connectivity index (χ0) is 21.8. The first-order valence-electron chi connectivity index (χ1n) is 10.1. The summed E-state index contributed by atoms with van der Waals surface area (Å²) in [5, 5.41) is 19.1. The van der Waals surface area contributed by atoms with Crippen LogP contribution < -0.4 is 0 Å². The van der Waals surface area contributed by atoms with E-state index in [2.05, 4.69) is 43.6 Å². The number of Topliss-reactive ketones (excluding diaryl/α,β-unsaturated/α-hetero) is 1. The number of nitrogens with zero attached hydrogens (tertiary/aromatic N) is 2. The molecule has 0 heterocycles. The largest absolute Gasteiger partial charge is 0.293 e. The summed E-state index contributed by atoms with van der Waals surface area (Å²) in [5.41, 5.74) is 1.70. The standard InChI is InChI=1S/C24H28N2O2Si/c1-22(2)19-7-8-24(9-10-29(4,5)6)13-16(14-25)18(27)11-20(24)23(19,3)12-17(15-26)21(22)28/h9-13,19H,7-8H2,1-6H3/t19?,23-,24+/m1/s1. The summed E-state index contributed by atoms with van der Waals surface area (Å²) >= 11 is 0. The average molecular weight is 405 g/mol. The summed E-state index contributed by atoms with van der Waals surface area (Å²) in [7, 11) is -1.53. The van der Waals surface area contributed by atoms with Crippen LogP contribution >= 0.6 is 0 Å². The van der Waals surface area contributed by atoms with Crippen LogP contribution in [0.5, 0.6) is 0 Å². The molecule has 0 aromatic carbocycles. The van der Waals surface area contributed by atoms with Gasteiger partial charge in [-0.05, 0) is 36.5 Å². The van der Waals surface area contributed by atoms with Gasteiger partial charge in [0.2, 0.25) is 0 Å². The van der Waals surface area contributed by atoms with E-state index in [1.165, 1.54) is 0 Å². The number of carbonyl (C=O) groups is 2. The van der Waals surface area contributed by atoms with Crippen LogP contribution in [0.2, 0.25) is 19.6 Å². The van der Waals surface area contributed by atoms with Crippen molar-refractivity contribution >= 4 is 19.6 Å². The smallest absolute Gasteiger partial charge is 0.196 e. The zero-order valence-electron chi connectivity index (χ0n) is 18.1. The Morgan fingerprint density at radius 2 is 1.69 bits per heavy atom. The van der Waals surface area contributed by atoms with E-state index < -0.39 is 24.3 Å². The van der Waals surface area contributed by atoms with Crippen LogP contribution in [0.4, 0.5) is 0 Å². The van der Waals surface area contributed by atoms with Crippen LogP contribution in [0.15, 0.2) is 46.7 Å². The average Bonchev–Trinajstić information content (AvgIpc) is 2.63. The fourth-order valence-electron chi connectivity index (χ4n) is 5.43. The molecule has 1 saturated carbocycles. The Kier molecular flexibility index (Phi) is 4.76. The van der Waals surface area contributed by atoms with E-state index in [-0.39, 0.29) is 28.6 Å². The number of hydrogen-bond acceptors (Lipinski definition) is 4. The van der Waals surface area contributed by atoms with Crippen molar-refractivity contribution in [2.75, 3.05) is 0 Å². The molecule has 0 N–H and O–H groups in total. The first kappa shape index (κ1) is 21.2. The molecule has 0 aromatic heterocycles. The van der Waals surface area contributed by atoms with Gasteiger partial charge in [0, 0.05) is 16.2 Å². The number of nitriles is 2. The molecule has 0 aromatic rings. The van der Waals surface area contributed by atoms with Crippen molar-refractivity contribution in [2.24, 2.45) is 22.2 Å². The molecule has 5 heteroatoms. The third kappa shape index (κ3) is 3.18. The van der Waals surface area contributed by atoms with E-state index in [9.17, 15) is 20.1 Å². The molecule has 0 bridgehead atoms. The van der Waals surface area contributed by atoms with Crippen molar-refractivity contribution in [3.63, 3.8) is 0 Å². The summed E-state index contributed by atoms with van der Waals surface area (Å²) in [4.78, 5) is 25.6. The molecule has 3 aliphatic carbocycles. The second kappa shape index (κ2) is 6.51. The molecule has 0 spiro atoms. The lowest BCUT2D eigenvalue weighted by molar-refractivity contribution is -0.130. The van der Waals surface area contributed by atoms with Crippen LogP contribution in [-0.4, -0.2) is 19.6 Å². The van der Waals surface area contributed by atoms with Crippen molar-refractivity contribution in [1.82, 2.24) is 0 Å². The van der Waals surface area contributed by atoms with Crippen molar-refractivity contribution in [3.05, 3.63) is 46.7 Å². The lowest BCUT2D eigenvalue weighted by atomic mass is 9.45. The number of carbonyl (C=O) groups excluding carboxylic acids is 2. The molecule has 150 valence electrons. The van der Waals surface area contributed by atoms with Crippen LogP contribution in [0.1, 0.15) is 33.6 Å². The highest BCUT2D eigenvalue weighted by Gasteiger charge is 2.59. The van der Waals surface area contributed by atoms with Gasteiger partial charge in [0.15, 0.2) is 11.6 Å². The van der Waals surface area contributed by atoms with Gasteiger partial charge in [-0.25, -0.2) is 0 Å². The molecule has 0 amide bonds. The van der Waals surface area contributed by atoms with Gasteiger partial charge in [-0.1, -0.05) is 58.3 Å². The molecule has 0 saturated heterocycles. The van der Waals surface area contributed by atoms with Crippen LogP contribution in [-0.2, 0) is 9.59 Å². The lowest BCUT2D eigenvalue weighted by Gasteiger charge is -2.57. The van der Waals surface area contributed by atoms with Gasteiger partial charge in [-0.15, -0.1) is 0 Å². The molecule has 3 aliphatic rings. The van der Waals surface area contributed by atoms with Crippen LogP contribution in [0.3, 0.4) is 0 Å². The second-order valence-electron chi connectivity index (χ2n) is 10.4. The molecule has 29 heavy (non-hydrogen) atoms. The van der Waals surface area contributed by atoms with Crippen LogP contribution in [0, 0.1) is 44.8 Å². The van der Waals surface area contributed by atoms with E-state index >= 15 is 0 Å². The quantitative estimate of drug-likeness (QED) is 0.617. The minimum Gasteiger partial charge on any atom is -0.293 e. The lowest BCUT2D eigenvalue weighted by Crippen LogP contribution is -2.53. The summed E-state index contributed by atoms with van der Waals surface area (Å²) < 4.78 is 0. The maximum absolute atomic E-state index is 12.9. The third-order valence-electron chi connectivity index (χ3n) is 6.86. The number of rotatable bonds is 2. The molecule has 1 unspecified atom stereocenters. The predicted octanol–water partition coefficient (Wildman–Crippen LogP) is 4.84. The third-order valence-corrected chi connectivity index (χ3v) is 8.03. The minimum absolute atomic E-state index is 0.0101. The first-order valence-corrected chi connectivity index (χ1v) is 13.7. The van der Waals surface area contributed by atoms with E-state index in [0.29, 0.717) is 0 Å². The van der Waals surface area contributed by atoms with Gasteiger partial charge >= 0.3 is 0 Å². The van der Waals surface area contributed by atoms with E-state index in [4.69, 9.17) is 0 Å². The number of allylic oxidation sites excluding steroid dienone is 7. The van der Waals surface area contributed by atoms with Gasteiger partial charge in [0.25, 0.3) is 0 Å². The normalized spacial score (nSPS) is 33.7. The molecule has 3 atom stereocenters. The van der Waals surface area contributed by atoms with Crippen molar-refractivity contribution in [1.29, 1.82) is 10.5 Å². The number of fused-ring (bicyclic) bond motifs is 3. The molecule has 0 radical (unpaired) electrons. The summed E-state index contributed by atoms with van der Waals surface area (Å²) in [6, 6.07) is 4.14. The molecule has 1 fully saturated rings. The number of ketones is 2. The maximum Gasteiger partial charge on any atom is 0.196 e. The Morgan fingerprint density at radius 1 is 1.07 bits per heavy atom. The van der Waals surface area contributed by atoms with Crippen molar-refractivity contribution in [2.45, 2.75) is 53.3 Å². The Hall–Kier alpha value is -2.50. The van der Waals surface area contributed by atoms with Crippen molar-refractivity contribution < 1.29 is 9.59 Å². The number of hydrogen-bond donors (Lipinski definition) is 0. The molecular formula is C24H28N2O2Si. The zero-order valence-corrected chi connectivity index (χ0v) is 19.1. The monoisotopic (exact) mass is 404 g/mol. The van der Waals surface area contributed by atoms with Gasteiger partial charge in [-0.2, -0.15) is 10.5 Å². The Balaban J connectivity index is 2.30. The van der Waals surface area contributed by atoms with Crippen molar-refractivity contribution in [3.8, 4) is 12.1 Å². The van der Waals surface area contributed by atoms with Crippen LogP contribution in [0.25, 0.3) is 0 Å². The SMILES string of the molecule is CC1(C)C(=O)C(C#N)=C[C@@]2(C)C3=CC(=O)C(C#N)=C[C@@]3(C=C[Si](C)(C)C)CCC12. The molecule has 0 aliphatic heterocycles. The van der Waals surface area contributed by atoms with E-state index in [1.807, 2.05) is 26.8 Å². The molecule has 3 rings (SSSR count). The Bertz CT molecular complexity index is 1010. The summed E-state index contributed by atoms with van der Waals surface area (Å²) in [6.07, 6.45) is 8.92. The highest BCUT2D eigenvalue weighted by Crippen LogP contribution is 2.64. The second-order valence-corrected chi connectivity index (χ2v) is 15.5.